The molecule has 0 saturated carbocycles. The number of carbonyl (C=O) groups excluding carboxylic acids is 2. The quantitative estimate of drug-likeness (QED) is 0.908. The molecule has 4 heteroatoms. The summed E-state index contributed by atoms with van der Waals surface area (Å²) in [5, 5.41) is 2.95. The van der Waals surface area contributed by atoms with E-state index < -0.39 is 0 Å². The lowest BCUT2D eigenvalue weighted by atomic mass is 9.89. The van der Waals surface area contributed by atoms with Gasteiger partial charge in [-0.25, -0.2) is 0 Å². The van der Waals surface area contributed by atoms with Gasteiger partial charge in [-0.05, 0) is 42.5 Å². The number of rotatable bonds is 5. The van der Waals surface area contributed by atoms with E-state index in [0.717, 1.165) is 16.8 Å². The highest BCUT2D eigenvalue weighted by molar-refractivity contribution is 5.96. The first-order chi connectivity index (χ1) is 12.0. The van der Waals surface area contributed by atoms with Crippen molar-refractivity contribution in [2.45, 2.75) is 32.7 Å². The Morgan fingerprint density at radius 1 is 1.16 bits per heavy atom. The van der Waals surface area contributed by atoms with Gasteiger partial charge in [0.05, 0.1) is 0 Å². The molecule has 1 N–H and O–H groups in total. The summed E-state index contributed by atoms with van der Waals surface area (Å²) in [5.41, 5.74) is 4.38. The van der Waals surface area contributed by atoms with Gasteiger partial charge in [-0.15, -0.1) is 0 Å². The lowest BCUT2D eigenvalue weighted by Gasteiger charge is -2.25. The molecule has 0 spiro atoms. The Hall–Kier alpha value is -2.62. The molecule has 0 aliphatic carbocycles. The third-order valence-corrected chi connectivity index (χ3v) is 4.91. The van der Waals surface area contributed by atoms with Crippen molar-refractivity contribution in [2.24, 2.45) is 5.92 Å². The van der Waals surface area contributed by atoms with Crippen LogP contribution in [0.3, 0.4) is 0 Å². The fraction of sp³-hybridized carbons (Fsp3) is 0.333. The number of anilines is 1. The largest absolute Gasteiger partial charge is 0.341 e. The van der Waals surface area contributed by atoms with Crippen molar-refractivity contribution in [1.29, 1.82) is 0 Å². The van der Waals surface area contributed by atoms with Gasteiger partial charge in [0.2, 0.25) is 11.8 Å². The van der Waals surface area contributed by atoms with Crippen LogP contribution >= 0.6 is 0 Å². The number of hydrogen-bond donors (Lipinski definition) is 1. The van der Waals surface area contributed by atoms with Crippen molar-refractivity contribution in [2.75, 3.05) is 12.4 Å². The summed E-state index contributed by atoms with van der Waals surface area (Å²) in [5.74, 6) is -0.0336. The topological polar surface area (TPSA) is 49.4 Å². The van der Waals surface area contributed by atoms with Gasteiger partial charge in [0.1, 0.15) is 0 Å². The van der Waals surface area contributed by atoms with Crippen LogP contribution in [0.5, 0.6) is 0 Å². The summed E-state index contributed by atoms with van der Waals surface area (Å²) in [6.45, 7) is 2.66. The van der Waals surface area contributed by atoms with E-state index in [4.69, 9.17) is 0 Å². The van der Waals surface area contributed by atoms with Crippen molar-refractivity contribution in [3.8, 4) is 0 Å². The summed E-state index contributed by atoms with van der Waals surface area (Å²) < 4.78 is 0. The number of hydrogen-bond acceptors (Lipinski definition) is 2. The normalized spacial score (nSPS) is 16.1. The third-order valence-electron chi connectivity index (χ3n) is 4.91. The van der Waals surface area contributed by atoms with Gasteiger partial charge >= 0.3 is 0 Å². The van der Waals surface area contributed by atoms with Crippen LogP contribution < -0.4 is 5.32 Å². The second kappa shape index (κ2) is 7.51. The fourth-order valence-corrected chi connectivity index (χ4v) is 3.27. The zero-order valence-electron chi connectivity index (χ0n) is 14.8. The molecular weight excluding hydrogens is 312 g/mol. The Labute approximate surface area is 148 Å². The van der Waals surface area contributed by atoms with E-state index in [0.29, 0.717) is 25.8 Å². The van der Waals surface area contributed by atoms with E-state index >= 15 is 0 Å². The van der Waals surface area contributed by atoms with E-state index in [9.17, 15) is 9.59 Å². The molecule has 4 nitrogen and oxygen atoms in total. The summed E-state index contributed by atoms with van der Waals surface area (Å²) in [7, 11) is 1.82. The van der Waals surface area contributed by atoms with Crippen molar-refractivity contribution >= 4 is 17.5 Å². The van der Waals surface area contributed by atoms with Gasteiger partial charge in [0, 0.05) is 31.6 Å². The van der Waals surface area contributed by atoms with Crippen molar-refractivity contribution in [3.05, 3.63) is 65.2 Å². The minimum atomic E-state index is -0.134. The molecule has 1 aliphatic heterocycles. The smallest absolute Gasteiger partial charge is 0.227 e. The number of aryl methyl sites for hydroxylation is 1. The van der Waals surface area contributed by atoms with Crippen LogP contribution in [0.25, 0.3) is 0 Å². The Bertz CT molecular complexity index is 785. The van der Waals surface area contributed by atoms with Crippen molar-refractivity contribution in [1.82, 2.24) is 4.90 Å². The first-order valence-corrected chi connectivity index (χ1v) is 8.72. The molecule has 1 unspecified atom stereocenters. The molecule has 1 aliphatic rings. The van der Waals surface area contributed by atoms with E-state index in [1.165, 1.54) is 5.56 Å². The number of nitrogens with one attached hydrogen (secondary N) is 1. The van der Waals surface area contributed by atoms with E-state index in [-0.39, 0.29) is 17.7 Å². The molecule has 25 heavy (non-hydrogen) atoms. The summed E-state index contributed by atoms with van der Waals surface area (Å²) >= 11 is 0. The maximum Gasteiger partial charge on any atom is 0.227 e. The molecule has 0 aromatic heterocycles. The number of amides is 2. The summed E-state index contributed by atoms with van der Waals surface area (Å²) in [4.78, 5) is 26.4. The number of nitrogens with zero attached hydrogens (tertiary/aromatic N) is 1. The molecule has 1 atom stereocenters. The highest BCUT2D eigenvalue weighted by Crippen LogP contribution is 2.27. The molecule has 0 bridgehead atoms. The zero-order valence-corrected chi connectivity index (χ0v) is 14.8. The molecule has 0 radical (unpaired) electrons. The van der Waals surface area contributed by atoms with Gasteiger partial charge in [0.15, 0.2) is 0 Å². The van der Waals surface area contributed by atoms with Gasteiger partial charge in [-0.2, -0.15) is 0 Å². The van der Waals surface area contributed by atoms with Crippen LogP contribution in [0, 0.1) is 12.8 Å². The zero-order chi connectivity index (χ0) is 17.8. The second-order valence-corrected chi connectivity index (χ2v) is 6.76. The number of para-hydroxylation sites is 1. The lowest BCUT2D eigenvalue weighted by molar-refractivity contribution is -0.131. The maximum atomic E-state index is 12.4. The number of benzene rings is 2. The summed E-state index contributed by atoms with van der Waals surface area (Å²) in [6.07, 6.45) is 1.68. The van der Waals surface area contributed by atoms with E-state index in [1.54, 1.807) is 4.90 Å². The van der Waals surface area contributed by atoms with Crippen LogP contribution in [0.1, 0.15) is 29.5 Å². The molecular formula is C21H24N2O2. The van der Waals surface area contributed by atoms with E-state index in [1.807, 2.05) is 49.5 Å². The van der Waals surface area contributed by atoms with Gasteiger partial charge in [-0.1, -0.05) is 42.5 Å². The van der Waals surface area contributed by atoms with Crippen LogP contribution in [0.15, 0.2) is 48.5 Å². The van der Waals surface area contributed by atoms with Gasteiger partial charge in [0.25, 0.3) is 0 Å². The van der Waals surface area contributed by atoms with Crippen LogP contribution in [-0.4, -0.2) is 23.8 Å². The average molecular weight is 336 g/mol. The molecule has 2 aromatic carbocycles. The Morgan fingerprint density at radius 3 is 2.68 bits per heavy atom. The number of fused-ring (bicyclic) bond motifs is 1. The van der Waals surface area contributed by atoms with Crippen LogP contribution in [0.2, 0.25) is 0 Å². The minimum Gasteiger partial charge on any atom is -0.341 e. The minimum absolute atomic E-state index is 0.0213. The van der Waals surface area contributed by atoms with Gasteiger partial charge in [-0.3, -0.25) is 9.59 Å². The molecule has 2 aromatic rings. The Balaban J connectivity index is 1.55. The molecule has 0 saturated heterocycles. The first kappa shape index (κ1) is 17.2. The SMILES string of the molecule is Cc1ccccc1CN(C)C(=O)CCC1Cc2ccccc2NC1=O. The highest BCUT2D eigenvalue weighted by atomic mass is 16.2. The Morgan fingerprint density at radius 2 is 1.88 bits per heavy atom. The predicted octanol–water partition coefficient (Wildman–Crippen LogP) is 3.54. The molecule has 130 valence electrons. The van der Waals surface area contributed by atoms with Crippen LogP contribution in [0.4, 0.5) is 5.69 Å². The molecule has 1 heterocycles. The molecule has 0 fully saturated rings. The lowest BCUT2D eigenvalue weighted by Crippen LogP contribution is -2.32. The summed E-state index contributed by atoms with van der Waals surface area (Å²) in [6, 6.07) is 15.9. The van der Waals surface area contributed by atoms with Crippen molar-refractivity contribution < 1.29 is 9.59 Å². The third kappa shape index (κ3) is 4.08. The average Bonchev–Trinajstić information content (AvgIpc) is 2.61. The van der Waals surface area contributed by atoms with Gasteiger partial charge < -0.3 is 10.2 Å². The van der Waals surface area contributed by atoms with E-state index in [2.05, 4.69) is 18.3 Å². The Kier molecular flexibility index (Phi) is 5.17. The molecule has 2 amide bonds. The highest BCUT2D eigenvalue weighted by Gasteiger charge is 2.26. The van der Waals surface area contributed by atoms with Crippen LogP contribution in [-0.2, 0) is 22.6 Å². The monoisotopic (exact) mass is 336 g/mol. The predicted molar refractivity (Wildman–Crippen MR) is 99.2 cm³/mol. The second-order valence-electron chi connectivity index (χ2n) is 6.76. The number of carbonyl (C=O) groups is 2. The first-order valence-electron chi connectivity index (χ1n) is 8.72. The maximum absolute atomic E-state index is 12.4. The van der Waals surface area contributed by atoms with Crippen molar-refractivity contribution in [3.63, 3.8) is 0 Å². The molecule has 3 rings (SSSR count). The standard InChI is InChI=1S/C21H24N2O2/c1-15-7-3-4-9-18(15)14-23(2)20(24)12-11-17-13-16-8-5-6-10-19(16)22-21(17)25/h3-10,17H,11-14H2,1-2H3,(H,22,25). The fourth-order valence-electron chi connectivity index (χ4n) is 3.27.